The molecule has 2 N–H and O–H groups in total. The Labute approximate surface area is 175 Å². The third-order valence-corrected chi connectivity index (χ3v) is 6.01. The molecular weight excluding hydrogens is 416 g/mol. The lowest BCUT2D eigenvalue weighted by molar-refractivity contribution is -0.137. The van der Waals surface area contributed by atoms with Gasteiger partial charge in [0, 0.05) is 31.9 Å². The average Bonchev–Trinajstić information content (AvgIpc) is 3.16. The lowest BCUT2D eigenvalue weighted by atomic mass is 10.1. The normalized spacial score (nSPS) is 15.5. The summed E-state index contributed by atoms with van der Waals surface area (Å²) in [6.07, 6.45) is 1.20. The van der Waals surface area contributed by atoms with Crippen LogP contribution in [0.25, 0.3) is 0 Å². The third kappa shape index (κ3) is 6.54. The van der Waals surface area contributed by atoms with Gasteiger partial charge in [0.05, 0.1) is 19.8 Å². The minimum Gasteiger partial charge on any atom is -0.451 e. The van der Waals surface area contributed by atoms with Gasteiger partial charge in [-0.05, 0) is 26.8 Å². The number of likely N-dealkylation sites (N-methyl/N-ethyl adjacent to an activating group) is 1. The molecule has 0 aromatic carbocycles. The molecular formula is C18H28N4O7S. The van der Waals surface area contributed by atoms with Crippen molar-refractivity contribution >= 4 is 27.8 Å². The van der Waals surface area contributed by atoms with Gasteiger partial charge in [0.1, 0.15) is 10.6 Å². The van der Waals surface area contributed by atoms with E-state index >= 15 is 0 Å². The largest absolute Gasteiger partial charge is 0.451 e. The van der Waals surface area contributed by atoms with E-state index in [1.807, 2.05) is 20.8 Å². The number of rotatable bonds is 7. The number of aromatic amines is 1. The average molecular weight is 445 g/mol. The topological polar surface area (TPSA) is 138 Å². The van der Waals surface area contributed by atoms with E-state index in [2.05, 4.69) is 10.3 Å². The number of nitrogens with one attached hydrogen (secondary N) is 2. The van der Waals surface area contributed by atoms with Gasteiger partial charge < -0.3 is 24.7 Å². The van der Waals surface area contributed by atoms with Gasteiger partial charge in [-0.2, -0.15) is 4.31 Å². The second-order valence-corrected chi connectivity index (χ2v) is 9.83. The van der Waals surface area contributed by atoms with Crippen LogP contribution in [-0.2, 0) is 29.1 Å². The smallest absolute Gasteiger partial charge is 0.355 e. The maximum atomic E-state index is 12.6. The number of aromatic nitrogens is 1. The molecule has 2 amide bonds. The highest BCUT2D eigenvalue weighted by atomic mass is 32.2. The first-order valence-electron chi connectivity index (χ1n) is 9.38. The maximum Gasteiger partial charge on any atom is 0.355 e. The van der Waals surface area contributed by atoms with Gasteiger partial charge in [-0.1, -0.05) is 0 Å². The van der Waals surface area contributed by atoms with Crippen LogP contribution in [0.2, 0.25) is 0 Å². The Morgan fingerprint density at radius 2 is 1.90 bits per heavy atom. The van der Waals surface area contributed by atoms with E-state index in [-0.39, 0.29) is 36.1 Å². The molecule has 11 nitrogen and oxygen atoms in total. The molecule has 1 aliphatic heterocycles. The van der Waals surface area contributed by atoms with Crippen LogP contribution in [0.3, 0.4) is 0 Å². The Hall–Kier alpha value is -2.44. The van der Waals surface area contributed by atoms with Crippen LogP contribution < -0.4 is 5.32 Å². The van der Waals surface area contributed by atoms with E-state index in [0.29, 0.717) is 13.2 Å². The molecule has 2 rings (SSSR count). The Morgan fingerprint density at radius 3 is 2.50 bits per heavy atom. The summed E-state index contributed by atoms with van der Waals surface area (Å²) in [5.74, 6) is -1.79. The van der Waals surface area contributed by atoms with E-state index in [9.17, 15) is 22.8 Å². The van der Waals surface area contributed by atoms with E-state index in [1.54, 1.807) is 0 Å². The summed E-state index contributed by atoms with van der Waals surface area (Å²) in [5, 5.41) is 2.73. The highest BCUT2D eigenvalue weighted by Gasteiger charge is 2.28. The number of H-pyrrole nitrogens is 1. The number of hydrogen-bond acceptors (Lipinski definition) is 7. The lowest BCUT2D eigenvalue weighted by Gasteiger charge is -2.25. The summed E-state index contributed by atoms with van der Waals surface area (Å²) in [6.45, 7) is 5.77. The number of sulfonamides is 1. The summed E-state index contributed by atoms with van der Waals surface area (Å²) in [6, 6.07) is 1.16. The zero-order valence-electron chi connectivity index (χ0n) is 17.6. The predicted octanol–water partition coefficient (Wildman–Crippen LogP) is -0.434. The van der Waals surface area contributed by atoms with Crippen molar-refractivity contribution in [2.24, 2.45) is 0 Å². The van der Waals surface area contributed by atoms with Crippen molar-refractivity contribution in [1.82, 2.24) is 19.5 Å². The van der Waals surface area contributed by atoms with Crippen LogP contribution in [0.5, 0.6) is 0 Å². The molecule has 12 heteroatoms. The van der Waals surface area contributed by atoms with Gasteiger partial charge in [0.25, 0.3) is 5.91 Å². The number of nitrogens with zero attached hydrogens (tertiary/aromatic N) is 2. The van der Waals surface area contributed by atoms with E-state index in [0.717, 1.165) is 11.0 Å². The summed E-state index contributed by atoms with van der Waals surface area (Å²) in [7, 11) is -2.34. The molecule has 0 aliphatic carbocycles. The highest BCUT2D eigenvalue weighted by molar-refractivity contribution is 7.89. The summed E-state index contributed by atoms with van der Waals surface area (Å²) in [5.41, 5.74) is -0.525. The van der Waals surface area contributed by atoms with Gasteiger partial charge in [-0.15, -0.1) is 0 Å². The van der Waals surface area contributed by atoms with Crippen molar-refractivity contribution in [2.75, 3.05) is 46.5 Å². The van der Waals surface area contributed by atoms with Crippen molar-refractivity contribution in [1.29, 1.82) is 0 Å². The fourth-order valence-electron chi connectivity index (χ4n) is 2.65. The minimum atomic E-state index is -3.75. The van der Waals surface area contributed by atoms with Gasteiger partial charge in [0.15, 0.2) is 6.61 Å². The summed E-state index contributed by atoms with van der Waals surface area (Å²) < 4.78 is 36.5. The summed E-state index contributed by atoms with van der Waals surface area (Å²) >= 11 is 0. The molecule has 1 fully saturated rings. The highest BCUT2D eigenvalue weighted by Crippen LogP contribution is 2.18. The molecule has 0 bridgehead atoms. The SMILES string of the molecule is CN(CC(=O)NC(C)(C)C)C(=O)COC(=O)c1cc(S(=O)(=O)N2CCOCC2)c[nH]1. The zero-order valence-corrected chi connectivity index (χ0v) is 18.4. The molecule has 30 heavy (non-hydrogen) atoms. The molecule has 0 spiro atoms. The molecule has 1 aromatic heterocycles. The Morgan fingerprint density at radius 1 is 1.27 bits per heavy atom. The predicted molar refractivity (Wildman–Crippen MR) is 106 cm³/mol. The van der Waals surface area contributed by atoms with E-state index < -0.39 is 34.0 Å². The lowest BCUT2D eigenvalue weighted by Crippen LogP contribution is -2.46. The Bertz CT molecular complexity index is 883. The van der Waals surface area contributed by atoms with Crippen molar-refractivity contribution in [3.63, 3.8) is 0 Å². The Balaban J connectivity index is 1.89. The fourth-order valence-corrected chi connectivity index (χ4v) is 4.06. The fraction of sp³-hybridized carbons (Fsp3) is 0.611. The monoisotopic (exact) mass is 444 g/mol. The van der Waals surface area contributed by atoms with Gasteiger partial charge in [0.2, 0.25) is 15.9 Å². The number of morpholine rings is 1. The van der Waals surface area contributed by atoms with Crippen LogP contribution in [0.1, 0.15) is 31.3 Å². The number of carbonyl (C=O) groups is 3. The number of amides is 2. The summed E-state index contributed by atoms with van der Waals surface area (Å²) in [4.78, 5) is 39.8. The molecule has 0 radical (unpaired) electrons. The number of esters is 1. The van der Waals surface area contributed by atoms with Crippen LogP contribution in [0.4, 0.5) is 0 Å². The molecule has 0 unspecified atom stereocenters. The third-order valence-electron chi connectivity index (χ3n) is 4.13. The molecule has 1 saturated heterocycles. The van der Waals surface area contributed by atoms with Crippen LogP contribution in [-0.4, -0.2) is 92.4 Å². The number of carbonyl (C=O) groups excluding carboxylic acids is 3. The standard InChI is InChI=1S/C18H28N4O7S/c1-18(2,3)20-15(23)11-21(4)16(24)12-29-17(25)14-9-13(10-19-14)30(26,27)22-5-7-28-8-6-22/h9-10,19H,5-8,11-12H2,1-4H3,(H,20,23). The first kappa shape index (κ1) is 23.8. The zero-order chi connectivity index (χ0) is 22.5. The van der Waals surface area contributed by atoms with Crippen molar-refractivity contribution in [3.05, 3.63) is 18.0 Å². The van der Waals surface area contributed by atoms with E-state index in [1.165, 1.54) is 17.5 Å². The van der Waals surface area contributed by atoms with E-state index in [4.69, 9.17) is 9.47 Å². The molecule has 0 saturated carbocycles. The van der Waals surface area contributed by atoms with Crippen molar-refractivity contribution in [2.45, 2.75) is 31.2 Å². The van der Waals surface area contributed by atoms with Gasteiger partial charge >= 0.3 is 5.97 Å². The second-order valence-electron chi connectivity index (χ2n) is 7.89. The first-order chi connectivity index (χ1) is 13.9. The van der Waals surface area contributed by atoms with Crippen LogP contribution in [0.15, 0.2) is 17.2 Å². The van der Waals surface area contributed by atoms with Crippen molar-refractivity contribution < 1.29 is 32.3 Å². The quantitative estimate of drug-likeness (QED) is 0.544. The number of hydrogen-bond donors (Lipinski definition) is 2. The maximum absolute atomic E-state index is 12.6. The molecule has 2 heterocycles. The Kier molecular flexibility index (Phi) is 7.61. The molecule has 1 aliphatic rings. The first-order valence-corrected chi connectivity index (χ1v) is 10.8. The molecule has 0 atom stereocenters. The second kappa shape index (κ2) is 9.58. The van der Waals surface area contributed by atoms with Gasteiger partial charge in [-0.25, -0.2) is 13.2 Å². The minimum absolute atomic E-state index is 0.0707. The number of ether oxygens (including phenoxy) is 2. The van der Waals surface area contributed by atoms with Crippen molar-refractivity contribution in [3.8, 4) is 0 Å². The van der Waals surface area contributed by atoms with Crippen LogP contribution in [0, 0.1) is 0 Å². The van der Waals surface area contributed by atoms with Gasteiger partial charge in [-0.3, -0.25) is 9.59 Å². The molecule has 1 aromatic rings. The molecule has 168 valence electrons. The van der Waals surface area contributed by atoms with Crippen LogP contribution >= 0.6 is 0 Å².